The van der Waals surface area contributed by atoms with Gasteiger partial charge in [0.05, 0.1) is 14.2 Å². The molecule has 0 saturated heterocycles. The number of allylic oxidation sites excluding steroid dienone is 3. The topological polar surface area (TPSA) is 72.8 Å². The average molecular weight is 302 g/mol. The summed E-state index contributed by atoms with van der Waals surface area (Å²) in [5.74, 6) is 0.285. The normalized spacial score (nSPS) is 15.3. The van der Waals surface area contributed by atoms with Crippen LogP contribution in [0.25, 0.3) is 6.08 Å². The molecule has 0 radical (unpaired) electrons. The van der Waals surface area contributed by atoms with E-state index in [0.29, 0.717) is 36.3 Å². The van der Waals surface area contributed by atoms with Crippen LogP contribution in [-0.4, -0.2) is 30.9 Å². The van der Waals surface area contributed by atoms with Crippen LogP contribution in [0.5, 0.6) is 11.5 Å². The summed E-state index contributed by atoms with van der Waals surface area (Å²) in [5, 5.41) is 9.74. The molecule has 5 nitrogen and oxygen atoms in total. The number of rotatable bonds is 5. The van der Waals surface area contributed by atoms with E-state index in [-0.39, 0.29) is 17.1 Å². The van der Waals surface area contributed by atoms with Gasteiger partial charge in [0.15, 0.2) is 11.6 Å². The highest BCUT2D eigenvalue weighted by Crippen LogP contribution is 2.26. The number of Topliss-reactive ketones (excluding diaryl/α,β-unsaturated/α-hetero) is 1. The quantitative estimate of drug-likeness (QED) is 0.669. The molecule has 0 aliphatic heterocycles. The van der Waals surface area contributed by atoms with E-state index in [1.807, 2.05) is 0 Å². The summed E-state index contributed by atoms with van der Waals surface area (Å²) in [6.07, 6.45) is 4.08. The molecule has 1 aliphatic carbocycles. The summed E-state index contributed by atoms with van der Waals surface area (Å²) in [7, 11) is 3.07. The fraction of sp³-hybridized carbons (Fsp3) is 0.294. The number of ketones is 2. The summed E-state index contributed by atoms with van der Waals surface area (Å²) in [6, 6.07) is 5.19. The van der Waals surface area contributed by atoms with Crippen LogP contribution in [-0.2, 0) is 9.59 Å². The Morgan fingerprint density at radius 2 is 2.00 bits per heavy atom. The SMILES string of the molecule is COc1ccc(/C=C/C(=O)C2=C(O)CCCC2=O)c(OC)c1. The van der Waals surface area contributed by atoms with E-state index in [0.717, 1.165) is 0 Å². The molecule has 0 fully saturated rings. The van der Waals surface area contributed by atoms with Crippen molar-refractivity contribution in [2.75, 3.05) is 14.2 Å². The molecule has 0 bridgehead atoms. The van der Waals surface area contributed by atoms with Crippen LogP contribution in [0.3, 0.4) is 0 Å². The van der Waals surface area contributed by atoms with Gasteiger partial charge in [-0.1, -0.05) is 0 Å². The third-order valence-electron chi connectivity index (χ3n) is 3.49. The molecule has 1 aliphatic rings. The van der Waals surface area contributed by atoms with Crippen LogP contribution >= 0.6 is 0 Å². The van der Waals surface area contributed by atoms with Gasteiger partial charge < -0.3 is 14.6 Å². The highest BCUT2D eigenvalue weighted by atomic mass is 16.5. The van der Waals surface area contributed by atoms with E-state index in [1.165, 1.54) is 13.2 Å². The smallest absolute Gasteiger partial charge is 0.192 e. The lowest BCUT2D eigenvalue weighted by Crippen LogP contribution is -2.17. The Morgan fingerprint density at radius 1 is 1.23 bits per heavy atom. The predicted molar refractivity (Wildman–Crippen MR) is 82.1 cm³/mol. The minimum absolute atomic E-state index is 0.102. The molecule has 116 valence electrons. The molecule has 0 atom stereocenters. The molecule has 0 saturated carbocycles. The molecule has 22 heavy (non-hydrogen) atoms. The van der Waals surface area contributed by atoms with Gasteiger partial charge in [0.1, 0.15) is 22.8 Å². The fourth-order valence-electron chi connectivity index (χ4n) is 2.31. The maximum absolute atomic E-state index is 12.1. The first-order valence-electron chi connectivity index (χ1n) is 6.96. The van der Waals surface area contributed by atoms with Crippen molar-refractivity contribution in [1.82, 2.24) is 0 Å². The average Bonchev–Trinajstić information content (AvgIpc) is 2.52. The molecule has 1 aromatic rings. The first-order chi connectivity index (χ1) is 10.6. The number of methoxy groups -OCH3 is 2. The number of hydrogen-bond donors (Lipinski definition) is 1. The number of hydrogen-bond acceptors (Lipinski definition) is 5. The van der Waals surface area contributed by atoms with Crippen molar-refractivity contribution >= 4 is 17.6 Å². The Kier molecular flexibility index (Phi) is 4.99. The number of carbonyl (C=O) groups is 2. The van der Waals surface area contributed by atoms with Crippen molar-refractivity contribution in [2.45, 2.75) is 19.3 Å². The fourth-order valence-corrected chi connectivity index (χ4v) is 2.31. The van der Waals surface area contributed by atoms with E-state index in [4.69, 9.17) is 9.47 Å². The Labute approximate surface area is 128 Å². The zero-order chi connectivity index (χ0) is 16.1. The molecular formula is C17H18O5. The van der Waals surface area contributed by atoms with Gasteiger partial charge >= 0.3 is 0 Å². The predicted octanol–water partition coefficient (Wildman–Crippen LogP) is 2.85. The first kappa shape index (κ1) is 15.8. The van der Waals surface area contributed by atoms with Gasteiger partial charge in [0.2, 0.25) is 0 Å². The Morgan fingerprint density at radius 3 is 2.64 bits per heavy atom. The second-order valence-electron chi connectivity index (χ2n) is 4.90. The van der Waals surface area contributed by atoms with Crippen molar-refractivity contribution in [3.63, 3.8) is 0 Å². The minimum atomic E-state index is -0.486. The van der Waals surface area contributed by atoms with Crippen molar-refractivity contribution < 1.29 is 24.2 Å². The largest absolute Gasteiger partial charge is 0.511 e. The molecule has 0 amide bonds. The molecule has 5 heteroatoms. The number of aliphatic hydroxyl groups excluding tert-OH is 1. The molecule has 1 aromatic carbocycles. The maximum Gasteiger partial charge on any atom is 0.192 e. The monoisotopic (exact) mass is 302 g/mol. The van der Waals surface area contributed by atoms with Gasteiger partial charge in [0.25, 0.3) is 0 Å². The molecule has 0 heterocycles. The van der Waals surface area contributed by atoms with Crippen molar-refractivity contribution in [1.29, 1.82) is 0 Å². The number of carbonyl (C=O) groups excluding carboxylic acids is 2. The molecule has 0 unspecified atom stereocenters. The third kappa shape index (κ3) is 3.36. The molecular weight excluding hydrogens is 284 g/mol. The van der Waals surface area contributed by atoms with Gasteiger partial charge in [-0.2, -0.15) is 0 Å². The van der Waals surface area contributed by atoms with Gasteiger partial charge in [-0.15, -0.1) is 0 Å². The van der Waals surface area contributed by atoms with Gasteiger partial charge in [-0.25, -0.2) is 0 Å². The van der Waals surface area contributed by atoms with Crippen molar-refractivity contribution in [2.24, 2.45) is 0 Å². The standard InChI is InChI=1S/C17H18O5/c1-21-12-8-6-11(16(10-12)22-2)7-9-15(20)17-13(18)4-3-5-14(17)19/h6-10,18H,3-5H2,1-2H3/b9-7+. The first-order valence-corrected chi connectivity index (χ1v) is 6.96. The van der Waals surface area contributed by atoms with Gasteiger partial charge in [-0.3, -0.25) is 9.59 Å². The second kappa shape index (κ2) is 6.93. The lowest BCUT2D eigenvalue weighted by Gasteiger charge is -2.12. The van der Waals surface area contributed by atoms with Gasteiger partial charge in [-0.05, 0) is 30.7 Å². The van der Waals surface area contributed by atoms with Gasteiger partial charge in [0, 0.05) is 24.5 Å². The zero-order valence-corrected chi connectivity index (χ0v) is 12.6. The number of ether oxygens (including phenoxy) is 2. The Bertz CT molecular complexity index is 655. The number of aliphatic hydroxyl groups is 1. The Balaban J connectivity index is 2.25. The maximum atomic E-state index is 12.1. The summed E-state index contributed by atoms with van der Waals surface area (Å²) in [4.78, 5) is 23.9. The summed E-state index contributed by atoms with van der Waals surface area (Å²) >= 11 is 0. The van der Waals surface area contributed by atoms with E-state index in [2.05, 4.69) is 0 Å². The summed E-state index contributed by atoms with van der Waals surface area (Å²) < 4.78 is 10.3. The highest BCUT2D eigenvalue weighted by Gasteiger charge is 2.24. The molecule has 0 spiro atoms. The molecule has 1 N–H and O–H groups in total. The molecule has 0 aromatic heterocycles. The van der Waals surface area contributed by atoms with E-state index < -0.39 is 5.78 Å². The van der Waals surface area contributed by atoms with Crippen LogP contribution < -0.4 is 9.47 Å². The second-order valence-corrected chi connectivity index (χ2v) is 4.90. The lowest BCUT2D eigenvalue weighted by molar-refractivity contribution is -0.120. The van der Waals surface area contributed by atoms with E-state index in [1.54, 1.807) is 31.4 Å². The summed E-state index contributed by atoms with van der Waals surface area (Å²) in [5.41, 5.74) is 0.579. The van der Waals surface area contributed by atoms with E-state index in [9.17, 15) is 14.7 Å². The van der Waals surface area contributed by atoms with Crippen LogP contribution in [0.2, 0.25) is 0 Å². The summed E-state index contributed by atoms with van der Waals surface area (Å²) in [6.45, 7) is 0. The Hall–Kier alpha value is -2.56. The van der Waals surface area contributed by atoms with E-state index >= 15 is 0 Å². The number of benzene rings is 1. The van der Waals surface area contributed by atoms with Crippen LogP contribution in [0.4, 0.5) is 0 Å². The molecule has 2 rings (SSSR count). The third-order valence-corrected chi connectivity index (χ3v) is 3.49. The lowest BCUT2D eigenvalue weighted by atomic mass is 9.93. The zero-order valence-electron chi connectivity index (χ0n) is 12.6. The van der Waals surface area contributed by atoms with Crippen molar-refractivity contribution in [3.8, 4) is 11.5 Å². The highest BCUT2D eigenvalue weighted by molar-refractivity contribution is 6.25. The minimum Gasteiger partial charge on any atom is -0.511 e. The van der Waals surface area contributed by atoms with Crippen molar-refractivity contribution in [3.05, 3.63) is 41.2 Å². The van der Waals surface area contributed by atoms with Crippen LogP contribution in [0, 0.1) is 0 Å². The van der Waals surface area contributed by atoms with Crippen LogP contribution in [0.15, 0.2) is 35.6 Å². The van der Waals surface area contributed by atoms with Crippen LogP contribution in [0.1, 0.15) is 24.8 Å².